The van der Waals surface area contributed by atoms with Crippen LogP contribution in [0.2, 0.25) is 0 Å². The lowest BCUT2D eigenvalue weighted by molar-refractivity contribution is -0.136. The van der Waals surface area contributed by atoms with Crippen molar-refractivity contribution in [2.75, 3.05) is 18.5 Å². The predicted octanol–water partition coefficient (Wildman–Crippen LogP) is 2.66. The van der Waals surface area contributed by atoms with Crippen LogP contribution >= 0.6 is 0 Å². The monoisotopic (exact) mass is 334 g/mol. The molecule has 0 saturated carbocycles. The molecule has 0 aliphatic carbocycles. The molecule has 0 aliphatic rings. The van der Waals surface area contributed by atoms with Gasteiger partial charge in [0.2, 0.25) is 0 Å². The number of hydrogen-bond acceptors (Lipinski definition) is 3. The first kappa shape index (κ1) is 20.2. The van der Waals surface area contributed by atoms with E-state index >= 15 is 0 Å². The SMILES string of the molecule is CCc1ccc(NC(=O)C(=O)NCCCC(C)(C)CO)cc1CC. The number of carbonyl (C=O) groups excluding carboxylic acids is 2. The lowest BCUT2D eigenvalue weighted by Crippen LogP contribution is -2.36. The molecule has 0 saturated heterocycles. The number of aliphatic hydroxyl groups excluding tert-OH is 1. The third kappa shape index (κ3) is 6.32. The van der Waals surface area contributed by atoms with E-state index in [-0.39, 0.29) is 12.0 Å². The van der Waals surface area contributed by atoms with E-state index in [9.17, 15) is 14.7 Å². The highest BCUT2D eigenvalue weighted by atomic mass is 16.3. The van der Waals surface area contributed by atoms with Crippen molar-refractivity contribution in [3.8, 4) is 0 Å². The van der Waals surface area contributed by atoms with Crippen LogP contribution in [-0.2, 0) is 22.4 Å². The minimum atomic E-state index is -0.650. The maximum Gasteiger partial charge on any atom is 0.313 e. The summed E-state index contributed by atoms with van der Waals surface area (Å²) in [5.74, 6) is -1.28. The minimum Gasteiger partial charge on any atom is -0.396 e. The van der Waals surface area contributed by atoms with Gasteiger partial charge >= 0.3 is 11.8 Å². The van der Waals surface area contributed by atoms with Crippen molar-refractivity contribution in [3.05, 3.63) is 29.3 Å². The summed E-state index contributed by atoms with van der Waals surface area (Å²) in [7, 11) is 0. The number of anilines is 1. The highest BCUT2D eigenvalue weighted by molar-refractivity contribution is 6.39. The second-order valence-electron chi connectivity index (χ2n) is 6.83. The molecule has 3 N–H and O–H groups in total. The normalized spacial score (nSPS) is 11.2. The van der Waals surface area contributed by atoms with Crippen LogP contribution in [0.1, 0.15) is 51.7 Å². The average molecular weight is 334 g/mol. The summed E-state index contributed by atoms with van der Waals surface area (Å²) in [6, 6.07) is 5.74. The molecular weight excluding hydrogens is 304 g/mol. The number of nitrogens with one attached hydrogen (secondary N) is 2. The van der Waals surface area contributed by atoms with E-state index in [4.69, 9.17) is 0 Å². The van der Waals surface area contributed by atoms with E-state index in [2.05, 4.69) is 24.5 Å². The Morgan fingerprint density at radius 2 is 1.75 bits per heavy atom. The molecule has 2 amide bonds. The zero-order valence-electron chi connectivity index (χ0n) is 15.2. The van der Waals surface area contributed by atoms with Crippen molar-refractivity contribution in [2.45, 2.75) is 53.4 Å². The van der Waals surface area contributed by atoms with E-state index in [1.165, 1.54) is 11.1 Å². The zero-order chi connectivity index (χ0) is 18.2. The average Bonchev–Trinajstić information content (AvgIpc) is 2.58. The zero-order valence-corrected chi connectivity index (χ0v) is 15.2. The van der Waals surface area contributed by atoms with Gasteiger partial charge in [-0.15, -0.1) is 0 Å². The number of benzene rings is 1. The second-order valence-corrected chi connectivity index (χ2v) is 6.83. The van der Waals surface area contributed by atoms with Crippen molar-refractivity contribution >= 4 is 17.5 Å². The lowest BCUT2D eigenvalue weighted by Gasteiger charge is -2.21. The van der Waals surface area contributed by atoms with E-state index in [1.807, 2.05) is 32.0 Å². The third-order valence-corrected chi connectivity index (χ3v) is 4.18. The van der Waals surface area contributed by atoms with Crippen molar-refractivity contribution in [1.29, 1.82) is 0 Å². The molecule has 0 radical (unpaired) electrons. The Bertz CT molecular complexity index is 568. The number of amides is 2. The van der Waals surface area contributed by atoms with Crippen molar-refractivity contribution in [2.24, 2.45) is 5.41 Å². The molecule has 5 heteroatoms. The van der Waals surface area contributed by atoms with Gasteiger partial charge in [-0.3, -0.25) is 9.59 Å². The second kappa shape index (κ2) is 9.42. The topological polar surface area (TPSA) is 78.4 Å². The molecule has 1 rings (SSSR count). The molecule has 0 heterocycles. The molecular formula is C19H30N2O3. The molecule has 0 spiro atoms. The summed E-state index contributed by atoms with van der Waals surface area (Å²) in [6.07, 6.45) is 3.34. The van der Waals surface area contributed by atoms with Crippen LogP contribution in [-0.4, -0.2) is 30.1 Å². The molecule has 134 valence electrons. The fourth-order valence-electron chi connectivity index (χ4n) is 2.49. The lowest BCUT2D eigenvalue weighted by atomic mass is 9.89. The molecule has 1 aromatic carbocycles. The van der Waals surface area contributed by atoms with Crippen LogP contribution in [0, 0.1) is 5.41 Å². The maximum atomic E-state index is 12.0. The molecule has 0 aliphatic heterocycles. The molecule has 24 heavy (non-hydrogen) atoms. The first-order valence-corrected chi connectivity index (χ1v) is 8.64. The number of aryl methyl sites for hydroxylation is 2. The Hall–Kier alpha value is -1.88. The number of rotatable bonds is 8. The van der Waals surface area contributed by atoms with Crippen LogP contribution in [0.15, 0.2) is 18.2 Å². The summed E-state index contributed by atoms with van der Waals surface area (Å²) in [5, 5.41) is 14.4. The highest BCUT2D eigenvalue weighted by Crippen LogP contribution is 2.20. The van der Waals surface area contributed by atoms with Gasteiger partial charge in [0.05, 0.1) is 0 Å². The molecule has 0 atom stereocenters. The fraction of sp³-hybridized carbons (Fsp3) is 0.579. The summed E-state index contributed by atoms with van der Waals surface area (Å²) in [6.45, 7) is 8.62. The first-order valence-electron chi connectivity index (χ1n) is 8.64. The van der Waals surface area contributed by atoms with Gasteiger partial charge in [0.25, 0.3) is 0 Å². The van der Waals surface area contributed by atoms with Crippen LogP contribution in [0.25, 0.3) is 0 Å². The summed E-state index contributed by atoms with van der Waals surface area (Å²) < 4.78 is 0. The van der Waals surface area contributed by atoms with E-state index in [1.54, 1.807) is 0 Å². The molecule has 0 aromatic heterocycles. The molecule has 5 nitrogen and oxygen atoms in total. The fourth-order valence-corrected chi connectivity index (χ4v) is 2.49. The highest BCUT2D eigenvalue weighted by Gasteiger charge is 2.17. The molecule has 0 bridgehead atoms. The van der Waals surface area contributed by atoms with Crippen LogP contribution in [0.5, 0.6) is 0 Å². The van der Waals surface area contributed by atoms with Gasteiger partial charge in [-0.2, -0.15) is 0 Å². The van der Waals surface area contributed by atoms with Gasteiger partial charge in [0.15, 0.2) is 0 Å². The number of aliphatic hydroxyl groups is 1. The van der Waals surface area contributed by atoms with Crippen LogP contribution in [0.4, 0.5) is 5.69 Å². The molecule has 1 aromatic rings. The van der Waals surface area contributed by atoms with Crippen molar-refractivity contribution in [1.82, 2.24) is 5.32 Å². The summed E-state index contributed by atoms with van der Waals surface area (Å²) >= 11 is 0. The Morgan fingerprint density at radius 1 is 1.08 bits per heavy atom. The quantitative estimate of drug-likeness (QED) is 0.505. The van der Waals surface area contributed by atoms with Crippen molar-refractivity contribution in [3.63, 3.8) is 0 Å². The van der Waals surface area contributed by atoms with Gasteiger partial charge in [0, 0.05) is 18.8 Å². The van der Waals surface area contributed by atoms with Gasteiger partial charge in [0.1, 0.15) is 0 Å². The standard InChI is InChI=1S/C19H30N2O3/c1-5-14-8-9-16(12-15(14)6-2)21-18(24)17(23)20-11-7-10-19(3,4)13-22/h8-9,12,22H,5-7,10-11,13H2,1-4H3,(H,20,23)(H,21,24). The Kier molecular flexibility index (Phi) is 7.92. The summed E-state index contributed by atoms with van der Waals surface area (Å²) in [5.41, 5.74) is 2.92. The van der Waals surface area contributed by atoms with Gasteiger partial charge in [-0.1, -0.05) is 33.8 Å². The van der Waals surface area contributed by atoms with Gasteiger partial charge < -0.3 is 15.7 Å². The summed E-state index contributed by atoms with van der Waals surface area (Å²) in [4.78, 5) is 23.8. The largest absolute Gasteiger partial charge is 0.396 e. The Labute approximate surface area is 144 Å². The third-order valence-electron chi connectivity index (χ3n) is 4.18. The Morgan fingerprint density at radius 3 is 2.33 bits per heavy atom. The smallest absolute Gasteiger partial charge is 0.313 e. The van der Waals surface area contributed by atoms with E-state index in [0.29, 0.717) is 12.2 Å². The van der Waals surface area contributed by atoms with Crippen molar-refractivity contribution < 1.29 is 14.7 Å². The Balaban J connectivity index is 2.48. The molecule has 0 unspecified atom stereocenters. The number of hydrogen-bond donors (Lipinski definition) is 3. The van der Waals surface area contributed by atoms with E-state index in [0.717, 1.165) is 25.7 Å². The predicted molar refractivity (Wildman–Crippen MR) is 96.9 cm³/mol. The first-order chi connectivity index (χ1) is 11.3. The molecule has 0 fully saturated rings. The number of carbonyl (C=O) groups is 2. The minimum absolute atomic E-state index is 0.106. The van der Waals surface area contributed by atoms with Crippen LogP contribution < -0.4 is 10.6 Å². The van der Waals surface area contributed by atoms with Gasteiger partial charge in [-0.05, 0) is 54.4 Å². The maximum absolute atomic E-state index is 12.0. The van der Waals surface area contributed by atoms with Gasteiger partial charge in [-0.25, -0.2) is 0 Å². The van der Waals surface area contributed by atoms with E-state index < -0.39 is 11.8 Å². The van der Waals surface area contributed by atoms with Crippen LogP contribution in [0.3, 0.4) is 0 Å².